The Morgan fingerprint density at radius 2 is 2.36 bits per heavy atom. The Labute approximate surface area is 91.6 Å². The smallest absolute Gasteiger partial charge is 0.0758 e. The van der Waals surface area contributed by atoms with E-state index in [9.17, 15) is 0 Å². The van der Waals surface area contributed by atoms with Crippen molar-refractivity contribution < 1.29 is 0 Å². The lowest BCUT2D eigenvalue weighted by molar-refractivity contribution is 0.895. The summed E-state index contributed by atoms with van der Waals surface area (Å²) in [5, 5.41) is 2.11. The third kappa shape index (κ3) is 1.73. The number of rotatable bonds is 3. The molecule has 2 rings (SSSR count). The molecule has 0 amide bonds. The van der Waals surface area contributed by atoms with Crippen LogP contribution < -0.4 is 5.73 Å². The van der Waals surface area contributed by atoms with Gasteiger partial charge in [0.05, 0.1) is 6.04 Å². The molecule has 0 aliphatic carbocycles. The zero-order valence-corrected chi connectivity index (χ0v) is 9.57. The van der Waals surface area contributed by atoms with Crippen LogP contribution in [0.3, 0.4) is 0 Å². The van der Waals surface area contributed by atoms with Crippen molar-refractivity contribution in [2.24, 2.45) is 5.73 Å². The fourth-order valence-electron chi connectivity index (χ4n) is 1.43. The first kappa shape index (κ1) is 9.83. The number of thiophene rings is 1. The van der Waals surface area contributed by atoms with Crippen LogP contribution in [-0.2, 0) is 6.42 Å². The molecule has 2 heterocycles. The molecule has 14 heavy (non-hydrogen) atoms. The monoisotopic (exact) mass is 224 g/mol. The van der Waals surface area contributed by atoms with Crippen LogP contribution in [-0.4, -0.2) is 4.37 Å². The van der Waals surface area contributed by atoms with Gasteiger partial charge in [0, 0.05) is 16.0 Å². The summed E-state index contributed by atoms with van der Waals surface area (Å²) < 4.78 is 4.07. The second-order valence-electron chi connectivity index (χ2n) is 3.06. The maximum Gasteiger partial charge on any atom is 0.0758 e. The molecule has 0 saturated heterocycles. The Morgan fingerprint density at radius 1 is 1.50 bits per heavy atom. The fraction of sp³-hybridized carbons (Fsp3) is 0.300. The number of aromatic nitrogens is 1. The predicted molar refractivity (Wildman–Crippen MR) is 61.8 cm³/mol. The minimum Gasteiger partial charge on any atom is -0.319 e. The lowest BCUT2D eigenvalue weighted by Gasteiger charge is -2.08. The number of hydrogen-bond donors (Lipinski definition) is 1. The molecule has 1 unspecified atom stereocenters. The fourth-order valence-corrected chi connectivity index (χ4v) is 3.12. The summed E-state index contributed by atoms with van der Waals surface area (Å²) >= 11 is 3.21. The highest BCUT2D eigenvalue weighted by molar-refractivity contribution is 7.10. The van der Waals surface area contributed by atoms with Crippen molar-refractivity contribution in [3.05, 3.63) is 39.0 Å². The zero-order chi connectivity index (χ0) is 9.97. The lowest BCUT2D eigenvalue weighted by Crippen LogP contribution is -2.10. The maximum absolute atomic E-state index is 6.16. The normalized spacial score (nSPS) is 13.0. The Bertz CT molecular complexity index is 392. The van der Waals surface area contributed by atoms with E-state index >= 15 is 0 Å². The second-order valence-corrected chi connectivity index (χ2v) is 4.87. The Morgan fingerprint density at radius 3 is 3.00 bits per heavy atom. The molecule has 0 fully saturated rings. The van der Waals surface area contributed by atoms with Crippen molar-refractivity contribution in [2.75, 3.05) is 0 Å². The van der Waals surface area contributed by atoms with Gasteiger partial charge in [-0.2, -0.15) is 0 Å². The molecule has 0 bridgehead atoms. The Hall–Kier alpha value is -0.710. The number of aryl methyl sites for hydroxylation is 1. The highest BCUT2D eigenvalue weighted by Gasteiger charge is 2.14. The summed E-state index contributed by atoms with van der Waals surface area (Å²) in [5.41, 5.74) is 7.52. The molecule has 2 nitrogen and oxygen atoms in total. The van der Waals surface area contributed by atoms with E-state index in [-0.39, 0.29) is 6.04 Å². The first-order valence-electron chi connectivity index (χ1n) is 4.55. The van der Waals surface area contributed by atoms with Crippen LogP contribution in [0.15, 0.2) is 23.7 Å². The van der Waals surface area contributed by atoms with Gasteiger partial charge in [0.2, 0.25) is 0 Å². The largest absolute Gasteiger partial charge is 0.319 e. The lowest BCUT2D eigenvalue weighted by atomic mass is 10.1. The molecule has 2 aromatic heterocycles. The topological polar surface area (TPSA) is 38.9 Å². The molecular weight excluding hydrogens is 212 g/mol. The minimum absolute atomic E-state index is 0.0115. The van der Waals surface area contributed by atoms with Gasteiger partial charge in [-0.15, -0.1) is 11.3 Å². The molecular formula is C10H12N2S2. The average molecular weight is 224 g/mol. The van der Waals surface area contributed by atoms with E-state index in [0.717, 1.165) is 11.3 Å². The summed E-state index contributed by atoms with van der Waals surface area (Å²) in [6.45, 7) is 2.16. The third-order valence-corrected chi connectivity index (χ3v) is 4.08. The van der Waals surface area contributed by atoms with Gasteiger partial charge >= 0.3 is 0 Å². The number of nitrogens with two attached hydrogens (primary N) is 1. The van der Waals surface area contributed by atoms with Crippen molar-refractivity contribution in [2.45, 2.75) is 19.4 Å². The van der Waals surface area contributed by atoms with E-state index < -0.39 is 0 Å². The maximum atomic E-state index is 6.16. The van der Waals surface area contributed by atoms with Crippen LogP contribution in [0.25, 0.3) is 0 Å². The quantitative estimate of drug-likeness (QED) is 0.870. The number of hydrogen-bond acceptors (Lipinski definition) is 4. The predicted octanol–water partition coefficient (Wildman–Crippen LogP) is 2.82. The van der Waals surface area contributed by atoms with E-state index in [1.54, 1.807) is 17.5 Å². The first-order valence-corrected chi connectivity index (χ1v) is 6.20. The molecule has 4 heteroatoms. The van der Waals surface area contributed by atoms with E-state index in [1.165, 1.54) is 22.0 Å². The van der Waals surface area contributed by atoms with Gasteiger partial charge in [-0.1, -0.05) is 6.92 Å². The van der Waals surface area contributed by atoms with Gasteiger partial charge in [0.25, 0.3) is 0 Å². The van der Waals surface area contributed by atoms with E-state index in [4.69, 9.17) is 5.73 Å². The Balaban J connectivity index is 2.31. The number of nitrogens with zero attached hydrogens (tertiary/aromatic N) is 1. The van der Waals surface area contributed by atoms with Crippen LogP contribution in [0.5, 0.6) is 0 Å². The standard InChI is InChI=1S/C10H12N2S2/c1-2-7-4-6-13-10(7)9(11)8-3-5-12-14-8/h3-6,9H,2,11H2,1H3. The van der Waals surface area contributed by atoms with Crippen molar-refractivity contribution in [3.8, 4) is 0 Å². The summed E-state index contributed by atoms with van der Waals surface area (Å²) in [6, 6.07) is 4.16. The van der Waals surface area contributed by atoms with Crippen molar-refractivity contribution in [1.29, 1.82) is 0 Å². The van der Waals surface area contributed by atoms with E-state index in [0.29, 0.717) is 0 Å². The van der Waals surface area contributed by atoms with Gasteiger partial charge in [-0.25, -0.2) is 4.37 Å². The third-order valence-electron chi connectivity index (χ3n) is 2.21. The van der Waals surface area contributed by atoms with Gasteiger partial charge in [0.15, 0.2) is 0 Å². The van der Waals surface area contributed by atoms with E-state index in [2.05, 4.69) is 22.7 Å². The summed E-state index contributed by atoms with van der Waals surface area (Å²) in [5.74, 6) is 0. The van der Waals surface area contributed by atoms with Crippen molar-refractivity contribution in [1.82, 2.24) is 4.37 Å². The average Bonchev–Trinajstić information content (AvgIpc) is 2.87. The summed E-state index contributed by atoms with van der Waals surface area (Å²) in [6.07, 6.45) is 2.85. The van der Waals surface area contributed by atoms with Gasteiger partial charge in [-0.3, -0.25) is 0 Å². The Kier molecular flexibility index (Phi) is 2.96. The van der Waals surface area contributed by atoms with E-state index in [1.807, 2.05) is 6.07 Å². The van der Waals surface area contributed by atoms with Crippen molar-refractivity contribution in [3.63, 3.8) is 0 Å². The van der Waals surface area contributed by atoms with Gasteiger partial charge in [-0.05, 0) is 41.0 Å². The molecule has 0 spiro atoms. The van der Waals surface area contributed by atoms with Crippen molar-refractivity contribution >= 4 is 22.9 Å². The SMILES string of the molecule is CCc1ccsc1C(N)c1ccns1. The van der Waals surface area contributed by atoms with Gasteiger partial charge < -0.3 is 5.73 Å². The van der Waals surface area contributed by atoms with Crippen LogP contribution in [0.1, 0.15) is 28.3 Å². The molecule has 74 valence electrons. The first-order chi connectivity index (χ1) is 6.83. The molecule has 1 atom stereocenters. The molecule has 2 N–H and O–H groups in total. The molecule has 0 aliphatic rings. The second kappa shape index (κ2) is 4.21. The van der Waals surface area contributed by atoms with Crippen LogP contribution in [0, 0.1) is 0 Å². The van der Waals surface area contributed by atoms with Crippen LogP contribution in [0.4, 0.5) is 0 Å². The minimum atomic E-state index is 0.0115. The van der Waals surface area contributed by atoms with Crippen LogP contribution >= 0.6 is 22.9 Å². The molecule has 0 radical (unpaired) electrons. The highest BCUT2D eigenvalue weighted by atomic mass is 32.1. The summed E-state index contributed by atoms with van der Waals surface area (Å²) in [4.78, 5) is 2.42. The van der Waals surface area contributed by atoms with Gasteiger partial charge in [0.1, 0.15) is 0 Å². The molecule has 2 aromatic rings. The molecule has 0 saturated carbocycles. The molecule has 0 aliphatic heterocycles. The highest BCUT2D eigenvalue weighted by Crippen LogP contribution is 2.29. The molecule has 0 aromatic carbocycles. The van der Waals surface area contributed by atoms with Crippen LogP contribution in [0.2, 0.25) is 0 Å². The zero-order valence-electron chi connectivity index (χ0n) is 7.93. The summed E-state index contributed by atoms with van der Waals surface area (Å²) in [7, 11) is 0.